The Kier molecular flexibility index (Phi) is 4.42. The van der Waals surface area contributed by atoms with E-state index >= 15 is 0 Å². The molecular formula is C14H13ClINO2. The molecule has 0 saturated carbocycles. The van der Waals surface area contributed by atoms with Crippen LogP contribution in [0, 0.1) is 3.57 Å². The zero-order valence-corrected chi connectivity index (χ0v) is 13.1. The van der Waals surface area contributed by atoms with Crippen molar-refractivity contribution in [2.24, 2.45) is 0 Å². The Morgan fingerprint density at radius 3 is 2.53 bits per heavy atom. The van der Waals surface area contributed by atoms with Gasteiger partial charge in [-0.3, -0.25) is 0 Å². The van der Waals surface area contributed by atoms with Crippen molar-refractivity contribution in [2.75, 3.05) is 5.32 Å². The quantitative estimate of drug-likeness (QED) is 0.676. The Morgan fingerprint density at radius 2 is 1.89 bits per heavy atom. The Labute approximate surface area is 130 Å². The highest BCUT2D eigenvalue weighted by Crippen LogP contribution is 2.32. The summed E-state index contributed by atoms with van der Waals surface area (Å²) in [5.74, 6) is 0.0994. The monoisotopic (exact) mass is 389 g/mol. The Bertz CT molecular complexity index is 604. The molecule has 19 heavy (non-hydrogen) atoms. The summed E-state index contributed by atoms with van der Waals surface area (Å²) >= 11 is 8.35. The maximum Gasteiger partial charge on any atom is 0.124 e. The Balaban J connectivity index is 2.23. The molecule has 2 aromatic carbocycles. The minimum Gasteiger partial charge on any atom is -0.508 e. The number of benzene rings is 2. The zero-order valence-electron chi connectivity index (χ0n) is 10.2. The summed E-state index contributed by atoms with van der Waals surface area (Å²) in [4.78, 5) is 0. The third-order valence-corrected chi connectivity index (χ3v) is 3.77. The fourth-order valence-electron chi connectivity index (χ4n) is 1.82. The molecule has 0 aromatic heterocycles. The van der Waals surface area contributed by atoms with Gasteiger partial charge in [0.05, 0.1) is 16.8 Å². The summed E-state index contributed by atoms with van der Waals surface area (Å²) in [6.45, 7) is 1.92. The van der Waals surface area contributed by atoms with Gasteiger partial charge in [-0.25, -0.2) is 0 Å². The highest BCUT2D eigenvalue weighted by Gasteiger charge is 2.12. The van der Waals surface area contributed by atoms with Gasteiger partial charge < -0.3 is 15.5 Å². The van der Waals surface area contributed by atoms with E-state index in [4.69, 9.17) is 11.6 Å². The van der Waals surface area contributed by atoms with Crippen LogP contribution in [0.5, 0.6) is 11.5 Å². The van der Waals surface area contributed by atoms with Crippen molar-refractivity contribution in [3.05, 3.63) is 50.6 Å². The number of aromatic hydroxyl groups is 2. The normalized spacial score (nSPS) is 12.2. The molecule has 3 nitrogen and oxygen atoms in total. The van der Waals surface area contributed by atoms with Gasteiger partial charge in [0.1, 0.15) is 11.5 Å². The van der Waals surface area contributed by atoms with Crippen LogP contribution in [0.4, 0.5) is 5.69 Å². The third kappa shape index (κ3) is 3.45. The van der Waals surface area contributed by atoms with Crippen LogP contribution in [-0.4, -0.2) is 10.2 Å². The molecule has 0 bridgehead atoms. The van der Waals surface area contributed by atoms with Crippen molar-refractivity contribution >= 4 is 39.9 Å². The number of rotatable bonds is 3. The van der Waals surface area contributed by atoms with Crippen LogP contribution in [0.2, 0.25) is 5.02 Å². The molecule has 3 N–H and O–H groups in total. The van der Waals surface area contributed by atoms with Crippen LogP contribution in [0.15, 0.2) is 36.4 Å². The van der Waals surface area contributed by atoms with E-state index in [2.05, 4.69) is 27.9 Å². The second-order valence-corrected chi connectivity index (χ2v) is 5.89. The largest absolute Gasteiger partial charge is 0.508 e. The van der Waals surface area contributed by atoms with Crippen molar-refractivity contribution in [3.63, 3.8) is 0 Å². The Hall–Kier alpha value is -1.14. The zero-order chi connectivity index (χ0) is 14.0. The van der Waals surface area contributed by atoms with Gasteiger partial charge in [0.25, 0.3) is 0 Å². The molecule has 0 saturated heterocycles. The number of nitrogens with one attached hydrogen (secondary N) is 1. The van der Waals surface area contributed by atoms with Crippen molar-refractivity contribution in [3.8, 4) is 11.5 Å². The molecular weight excluding hydrogens is 377 g/mol. The lowest BCUT2D eigenvalue weighted by atomic mass is 10.1. The second kappa shape index (κ2) is 5.88. The predicted octanol–water partition coefficient (Wildman–Crippen LogP) is 4.53. The average molecular weight is 390 g/mol. The fourth-order valence-corrected chi connectivity index (χ4v) is 2.73. The summed E-state index contributed by atoms with van der Waals surface area (Å²) < 4.78 is 1.06. The van der Waals surface area contributed by atoms with Gasteiger partial charge in [0, 0.05) is 15.2 Å². The number of hydrogen-bond donors (Lipinski definition) is 3. The first kappa shape index (κ1) is 14.3. The van der Waals surface area contributed by atoms with Gasteiger partial charge in [-0.1, -0.05) is 11.6 Å². The second-order valence-electron chi connectivity index (χ2n) is 4.23. The number of halogens is 2. The van der Waals surface area contributed by atoms with E-state index in [1.54, 1.807) is 12.1 Å². The molecule has 0 aliphatic heterocycles. The van der Waals surface area contributed by atoms with Gasteiger partial charge in [-0.2, -0.15) is 0 Å². The molecule has 0 aliphatic rings. The van der Waals surface area contributed by atoms with E-state index in [1.165, 1.54) is 6.07 Å². The van der Waals surface area contributed by atoms with Gasteiger partial charge in [-0.05, 0) is 59.8 Å². The number of phenolic OH excluding ortho intramolecular Hbond substituents is 2. The molecule has 5 heteroatoms. The number of phenols is 2. The maximum absolute atomic E-state index is 9.82. The SMILES string of the molecule is CC(Nc1ccc(I)cc1Cl)c1ccc(O)cc1O. The van der Waals surface area contributed by atoms with Gasteiger partial charge >= 0.3 is 0 Å². The lowest BCUT2D eigenvalue weighted by molar-refractivity contribution is 0.444. The van der Waals surface area contributed by atoms with Crippen LogP contribution in [-0.2, 0) is 0 Å². The van der Waals surface area contributed by atoms with Gasteiger partial charge in [-0.15, -0.1) is 0 Å². The predicted molar refractivity (Wildman–Crippen MR) is 86.0 cm³/mol. The average Bonchev–Trinajstić information content (AvgIpc) is 2.32. The Morgan fingerprint density at radius 1 is 1.16 bits per heavy atom. The van der Waals surface area contributed by atoms with Gasteiger partial charge in [0.15, 0.2) is 0 Å². The van der Waals surface area contributed by atoms with Crippen LogP contribution in [0.1, 0.15) is 18.5 Å². The first-order chi connectivity index (χ1) is 8.97. The van der Waals surface area contributed by atoms with Crippen molar-refractivity contribution in [2.45, 2.75) is 13.0 Å². The van der Waals surface area contributed by atoms with E-state index in [1.807, 2.05) is 25.1 Å². The molecule has 0 amide bonds. The molecule has 0 aliphatic carbocycles. The van der Waals surface area contributed by atoms with E-state index in [-0.39, 0.29) is 17.5 Å². The summed E-state index contributed by atoms with van der Waals surface area (Å²) in [6.07, 6.45) is 0. The molecule has 1 atom stereocenters. The summed E-state index contributed by atoms with van der Waals surface area (Å²) in [5, 5.41) is 23.0. The van der Waals surface area contributed by atoms with Crippen molar-refractivity contribution < 1.29 is 10.2 Å². The third-order valence-electron chi connectivity index (χ3n) is 2.78. The van der Waals surface area contributed by atoms with Crippen molar-refractivity contribution in [1.29, 1.82) is 0 Å². The smallest absolute Gasteiger partial charge is 0.124 e. The fraction of sp³-hybridized carbons (Fsp3) is 0.143. The summed E-state index contributed by atoms with van der Waals surface area (Å²) in [5.41, 5.74) is 1.51. The van der Waals surface area contributed by atoms with Gasteiger partial charge in [0.2, 0.25) is 0 Å². The minimum atomic E-state index is -0.127. The molecule has 2 rings (SSSR count). The topological polar surface area (TPSA) is 52.5 Å². The number of anilines is 1. The van der Waals surface area contributed by atoms with E-state index in [0.717, 1.165) is 9.26 Å². The van der Waals surface area contributed by atoms with E-state index in [9.17, 15) is 10.2 Å². The summed E-state index contributed by atoms with van der Waals surface area (Å²) in [7, 11) is 0. The van der Waals surface area contributed by atoms with E-state index in [0.29, 0.717) is 10.6 Å². The lowest BCUT2D eigenvalue weighted by Gasteiger charge is -2.18. The molecule has 0 spiro atoms. The molecule has 1 unspecified atom stereocenters. The first-order valence-corrected chi connectivity index (χ1v) is 7.16. The lowest BCUT2D eigenvalue weighted by Crippen LogP contribution is -2.07. The minimum absolute atomic E-state index is 0.0424. The van der Waals surface area contributed by atoms with Crippen LogP contribution < -0.4 is 5.32 Å². The number of hydrogen-bond acceptors (Lipinski definition) is 3. The summed E-state index contributed by atoms with van der Waals surface area (Å²) in [6, 6.07) is 10.1. The van der Waals surface area contributed by atoms with Crippen LogP contribution >= 0.6 is 34.2 Å². The standard InChI is InChI=1S/C14H13ClINO2/c1-8(11-4-3-10(18)7-14(11)19)17-13-5-2-9(16)6-12(13)15/h2-8,17-19H,1H3. The molecule has 100 valence electrons. The van der Waals surface area contributed by atoms with E-state index < -0.39 is 0 Å². The highest BCUT2D eigenvalue weighted by atomic mass is 127. The van der Waals surface area contributed by atoms with Crippen LogP contribution in [0.3, 0.4) is 0 Å². The maximum atomic E-state index is 9.82. The highest BCUT2D eigenvalue weighted by molar-refractivity contribution is 14.1. The van der Waals surface area contributed by atoms with Crippen molar-refractivity contribution in [1.82, 2.24) is 0 Å². The molecule has 2 aromatic rings. The molecule has 0 fully saturated rings. The van der Waals surface area contributed by atoms with Crippen LogP contribution in [0.25, 0.3) is 0 Å². The first-order valence-electron chi connectivity index (χ1n) is 5.71. The molecule has 0 heterocycles. The molecule has 0 radical (unpaired) electrons.